The van der Waals surface area contributed by atoms with E-state index in [-0.39, 0.29) is 22.5 Å². The summed E-state index contributed by atoms with van der Waals surface area (Å²) in [6.07, 6.45) is -4.93. The summed E-state index contributed by atoms with van der Waals surface area (Å²) in [6.45, 7) is 1.39. The highest BCUT2D eigenvalue weighted by atomic mass is 32.1. The second-order valence-corrected chi connectivity index (χ2v) is 6.26. The fourth-order valence-corrected chi connectivity index (χ4v) is 2.95. The predicted octanol–water partition coefficient (Wildman–Crippen LogP) is 4.17. The van der Waals surface area contributed by atoms with Crippen LogP contribution in [-0.4, -0.2) is 28.0 Å². The van der Waals surface area contributed by atoms with Gasteiger partial charge in [-0.3, -0.25) is 9.59 Å². The molecule has 0 saturated heterocycles. The van der Waals surface area contributed by atoms with Crippen LogP contribution in [-0.2, 0) is 4.79 Å². The largest absolute Gasteiger partial charge is 0.455 e. The number of alkyl halides is 3. The van der Waals surface area contributed by atoms with Crippen LogP contribution in [0.2, 0.25) is 0 Å². The summed E-state index contributed by atoms with van der Waals surface area (Å²) in [7, 11) is 0. The van der Waals surface area contributed by atoms with Crippen LogP contribution in [0.25, 0.3) is 22.2 Å². The number of aromatic nitrogens is 2. The molecule has 0 bridgehead atoms. The van der Waals surface area contributed by atoms with E-state index in [9.17, 15) is 22.8 Å². The normalized spacial score (nSPS) is 11.4. The molecule has 0 radical (unpaired) electrons. The highest BCUT2D eigenvalue weighted by molar-refractivity contribution is 7.17. The van der Waals surface area contributed by atoms with Crippen molar-refractivity contribution >= 4 is 28.7 Å². The number of hydrogen-bond acceptors (Lipinski definition) is 6. The minimum absolute atomic E-state index is 0.0113. The van der Waals surface area contributed by atoms with Crippen molar-refractivity contribution in [1.29, 1.82) is 0 Å². The summed E-state index contributed by atoms with van der Waals surface area (Å²) >= 11 is 0.625. The lowest BCUT2D eigenvalue weighted by Gasteiger charge is -2.01. The quantitative estimate of drug-likeness (QED) is 0.686. The van der Waals surface area contributed by atoms with E-state index in [1.54, 1.807) is 24.3 Å². The molecule has 0 atom stereocenters. The smallest absolute Gasteiger partial charge is 0.333 e. The van der Waals surface area contributed by atoms with Crippen LogP contribution < -0.4 is 5.32 Å². The van der Waals surface area contributed by atoms with Gasteiger partial charge >= 0.3 is 6.18 Å². The first-order chi connectivity index (χ1) is 12.2. The zero-order valence-corrected chi connectivity index (χ0v) is 13.9. The third-order valence-electron chi connectivity index (χ3n) is 3.19. The van der Waals surface area contributed by atoms with Crippen LogP contribution in [0.5, 0.6) is 0 Å². The molecule has 1 N–H and O–H groups in total. The van der Waals surface area contributed by atoms with Crippen LogP contribution in [0.3, 0.4) is 0 Å². The number of amides is 1. The maximum atomic E-state index is 12.5. The number of carbonyl (C=O) groups excluding carboxylic acids is 2. The minimum atomic E-state index is -4.93. The van der Waals surface area contributed by atoms with Gasteiger partial charge in [-0.1, -0.05) is 5.16 Å². The third kappa shape index (κ3) is 3.80. The van der Waals surface area contributed by atoms with Crippen LogP contribution >= 0.6 is 11.3 Å². The molecule has 0 spiro atoms. The molecule has 2 heterocycles. The summed E-state index contributed by atoms with van der Waals surface area (Å²) in [5.74, 6) is -1.88. The number of Topliss-reactive ketones (excluding diaryl/α,β-unsaturated/α-hetero) is 1. The molecule has 3 rings (SSSR count). The number of thiophene rings is 1. The summed E-state index contributed by atoms with van der Waals surface area (Å²) in [4.78, 5) is 26.2. The SMILES string of the molecule is CC(=O)Nc1ccc(-c2noc(-c3ccc(C(=O)C(F)(F)F)s3)n2)cc1. The van der Waals surface area contributed by atoms with Crippen molar-refractivity contribution in [2.75, 3.05) is 5.32 Å². The van der Waals surface area contributed by atoms with Gasteiger partial charge < -0.3 is 9.84 Å². The molecule has 26 heavy (non-hydrogen) atoms. The average Bonchev–Trinajstić information content (AvgIpc) is 3.22. The van der Waals surface area contributed by atoms with Gasteiger partial charge in [-0.2, -0.15) is 18.2 Å². The van der Waals surface area contributed by atoms with Gasteiger partial charge in [0.2, 0.25) is 11.7 Å². The number of anilines is 1. The number of nitrogens with zero attached hydrogens (tertiary/aromatic N) is 2. The average molecular weight is 381 g/mol. The third-order valence-corrected chi connectivity index (χ3v) is 4.26. The minimum Gasteiger partial charge on any atom is -0.333 e. The zero-order chi connectivity index (χ0) is 18.9. The van der Waals surface area contributed by atoms with Gasteiger partial charge in [-0.25, -0.2) is 0 Å². The number of benzene rings is 1. The Labute approximate surface area is 148 Å². The number of rotatable bonds is 4. The summed E-state index contributed by atoms with van der Waals surface area (Å²) in [5.41, 5.74) is 1.19. The van der Waals surface area contributed by atoms with Gasteiger partial charge in [-0.15, -0.1) is 11.3 Å². The van der Waals surface area contributed by atoms with E-state index in [0.717, 1.165) is 6.07 Å². The molecular formula is C16H10F3N3O3S. The summed E-state index contributed by atoms with van der Waals surface area (Å²) < 4.78 is 42.5. The molecule has 10 heteroatoms. The van der Waals surface area contributed by atoms with Gasteiger partial charge in [0.05, 0.1) is 9.75 Å². The first-order valence-corrected chi connectivity index (χ1v) is 7.99. The highest BCUT2D eigenvalue weighted by Crippen LogP contribution is 2.32. The molecular weight excluding hydrogens is 371 g/mol. The maximum absolute atomic E-state index is 12.5. The van der Waals surface area contributed by atoms with E-state index < -0.39 is 16.8 Å². The van der Waals surface area contributed by atoms with Crippen LogP contribution in [0.15, 0.2) is 40.9 Å². The number of hydrogen-bond donors (Lipinski definition) is 1. The van der Waals surface area contributed by atoms with Crippen molar-refractivity contribution in [3.05, 3.63) is 41.3 Å². The zero-order valence-electron chi connectivity index (χ0n) is 13.1. The van der Waals surface area contributed by atoms with Crippen LogP contribution in [0.1, 0.15) is 16.6 Å². The number of ketones is 1. The Hall–Kier alpha value is -3.01. The van der Waals surface area contributed by atoms with Gasteiger partial charge in [0.25, 0.3) is 11.7 Å². The number of nitrogens with one attached hydrogen (secondary N) is 1. The summed E-state index contributed by atoms with van der Waals surface area (Å²) in [5, 5.41) is 6.40. The molecule has 0 unspecified atom stereocenters. The fraction of sp³-hybridized carbons (Fsp3) is 0.125. The second-order valence-electron chi connectivity index (χ2n) is 5.17. The molecule has 1 aromatic carbocycles. The van der Waals surface area contributed by atoms with E-state index in [0.29, 0.717) is 22.6 Å². The monoisotopic (exact) mass is 381 g/mol. The molecule has 1 amide bonds. The van der Waals surface area contributed by atoms with E-state index in [2.05, 4.69) is 15.5 Å². The van der Waals surface area contributed by atoms with Crippen LogP contribution in [0, 0.1) is 0 Å². The van der Waals surface area contributed by atoms with Gasteiger partial charge in [-0.05, 0) is 36.4 Å². The predicted molar refractivity (Wildman–Crippen MR) is 87.7 cm³/mol. The summed E-state index contributed by atoms with van der Waals surface area (Å²) in [6, 6.07) is 9.01. The molecule has 0 aliphatic heterocycles. The van der Waals surface area contributed by atoms with E-state index in [4.69, 9.17) is 4.52 Å². The Morgan fingerprint density at radius 3 is 2.42 bits per heavy atom. The molecule has 0 saturated carbocycles. The lowest BCUT2D eigenvalue weighted by atomic mass is 10.2. The van der Waals surface area contributed by atoms with Crippen molar-refractivity contribution in [3.63, 3.8) is 0 Å². The Bertz CT molecular complexity index is 961. The molecule has 3 aromatic rings. The van der Waals surface area contributed by atoms with Crippen molar-refractivity contribution in [2.45, 2.75) is 13.1 Å². The molecule has 6 nitrogen and oxygen atoms in total. The second kappa shape index (κ2) is 6.71. The molecule has 0 fully saturated rings. The Balaban J connectivity index is 1.81. The van der Waals surface area contributed by atoms with E-state index in [1.807, 2.05) is 0 Å². The Morgan fingerprint density at radius 1 is 1.12 bits per heavy atom. The Morgan fingerprint density at radius 2 is 1.81 bits per heavy atom. The maximum Gasteiger partial charge on any atom is 0.455 e. The van der Waals surface area contributed by atoms with E-state index >= 15 is 0 Å². The first-order valence-electron chi connectivity index (χ1n) is 7.17. The van der Waals surface area contributed by atoms with Gasteiger partial charge in [0.1, 0.15) is 0 Å². The first kappa shape index (κ1) is 17.8. The van der Waals surface area contributed by atoms with Crippen molar-refractivity contribution in [3.8, 4) is 22.2 Å². The topological polar surface area (TPSA) is 85.1 Å². The van der Waals surface area contributed by atoms with Crippen molar-refractivity contribution in [1.82, 2.24) is 10.1 Å². The van der Waals surface area contributed by atoms with Gasteiger partial charge in [0.15, 0.2) is 0 Å². The van der Waals surface area contributed by atoms with Crippen molar-refractivity contribution < 1.29 is 27.3 Å². The van der Waals surface area contributed by atoms with Gasteiger partial charge in [0, 0.05) is 18.2 Å². The molecule has 134 valence electrons. The highest BCUT2D eigenvalue weighted by Gasteiger charge is 2.40. The lowest BCUT2D eigenvalue weighted by molar-refractivity contribution is -0.114. The standard InChI is InChI=1S/C16H10F3N3O3S/c1-8(23)20-10-4-2-9(3-5-10)14-21-15(25-22-14)12-7-6-11(26-12)13(24)16(17,18)19/h2-7H,1H3,(H,20,23). The molecule has 0 aliphatic rings. The van der Waals surface area contributed by atoms with E-state index in [1.165, 1.54) is 13.0 Å². The number of halogens is 3. The Kier molecular flexibility index (Phi) is 4.60. The molecule has 2 aromatic heterocycles. The lowest BCUT2D eigenvalue weighted by Crippen LogP contribution is -2.21. The molecule has 0 aliphatic carbocycles. The number of carbonyl (C=O) groups is 2. The fourth-order valence-electron chi connectivity index (χ4n) is 2.06. The van der Waals surface area contributed by atoms with Crippen LogP contribution in [0.4, 0.5) is 18.9 Å². The van der Waals surface area contributed by atoms with Crippen molar-refractivity contribution in [2.24, 2.45) is 0 Å².